The van der Waals surface area contributed by atoms with Gasteiger partial charge in [-0.2, -0.15) is 0 Å². The summed E-state index contributed by atoms with van der Waals surface area (Å²) in [6, 6.07) is 14.9. The molecule has 1 amide bonds. The van der Waals surface area contributed by atoms with Crippen molar-refractivity contribution in [3.05, 3.63) is 76.5 Å². The van der Waals surface area contributed by atoms with Crippen molar-refractivity contribution < 1.29 is 9.21 Å². The van der Waals surface area contributed by atoms with Crippen LogP contribution >= 0.6 is 22.6 Å². The Morgan fingerprint density at radius 2 is 2.04 bits per heavy atom. The standard InChI is InChI=1S/C18H12IN3O2/c19-13-6-7-17-21-15(11-22(17)10-13)12-3-1-4-14(9-12)20-18(23)16-5-2-8-24-16/h1-11H,(H,20,23). The Morgan fingerprint density at radius 3 is 2.88 bits per heavy atom. The molecule has 0 radical (unpaired) electrons. The van der Waals surface area contributed by atoms with E-state index in [1.807, 2.05) is 53.2 Å². The molecular weight excluding hydrogens is 417 g/mol. The average molecular weight is 429 g/mol. The number of benzene rings is 1. The highest BCUT2D eigenvalue weighted by Crippen LogP contribution is 2.23. The van der Waals surface area contributed by atoms with E-state index >= 15 is 0 Å². The summed E-state index contributed by atoms with van der Waals surface area (Å²) < 4.78 is 8.24. The van der Waals surface area contributed by atoms with Gasteiger partial charge in [-0.25, -0.2) is 4.98 Å². The van der Waals surface area contributed by atoms with E-state index in [-0.39, 0.29) is 11.7 Å². The second kappa shape index (κ2) is 6.12. The maximum absolute atomic E-state index is 12.1. The van der Waals surface area contributed by atoms with Crippen LogP contribution in [0.2, 0.25) is 0 Å². The van der Waals surface area contributed by atoms with Crippen LogP contribution in [0.3, 0.4) is 0 Å². The third kappa shape index (κ3) is 2.92. The Bertz CT molecular complexity index is 1020. The molecule has 0 spiro atoms. The number of imidazole rings is 1. The number of nitrogens with one attached hydrogen (secondary N) is 1. The number of rotatable bonds is 3. The van der Waals surface area contributed by atoms with E-state index in [0.29, 0.717) is 5.69 Å². The van der Waals surface area contributed by atoms with E-state index in [4.69, 9.17) is 4.42 Å². The first-order valence-corrected chi connectivity index (χ1v) is 8.36. The van der Waals surface area contributed by atoms with Gasteiger partial charge in [-0.1, -0.05) is 12.1 Å². The van der Waals surface area contributed by atoms with Crippen molar-refractivity contribution >= 4 is 39.8 Å². The largest absolute Gasteiger partial charge is 0.459 e. The fourth-order valence-corrected chi connectivity index (χ4v) is 2.94. The molecule has 1 aromatic carbocycles. The zero-order valence-electron chi connectivity index (χ0n) is 12.4. The lowest BCUT2D eigenvalue weighted by molar-refractivity contribution is 0.0996. The molecule has 4 rings (SSSR count). The summed E-state index contributed by atoms with van der Waals surface area (Å²) in [5.41, 5.74) is 3.37. The van der Waals surface area contributed by atoms with Crippen LogP contribution in [0.15, 0.2) is 71.6 Å². The fourth-order valence-electron chi connectivity index (χ4n) is 2.46. The first-order valence-electron chi connectivity index (χ1n) is 7.28. The van der Waals surface area contributed by atoms with Crippen LogP contribution in [0.1, 0.15) is 10.6 Å². The van der Waals surface area contributed by atoms with Crippen LogP contribution in [-0.4, -0.2) is 15.3 Å². The summed E-state index contributed by atoms with van der Waals surface area (Å²) in [4.78, 5) is 16.7. The Morgan fingerprint density at radius 1 is 1.12 bits per heavy atom. The fraction of sp³-hybridized carbons (Fsp3) is 0. The van der Waals surface area contributed by atoms with Gasteiger partial charge in [0.2, 0.25) is 0 Å². The van der Waals surface area contributed by atoms with Crippen LogP contribution in [-0.2, 0) is 0 Å². The number of hydrogen-bond donors (Lipinski definition) is 1. The van der Waals surface area contributed by atoms with Gasteiger partial charge in [0.15, 0.2) is 5.76 Å². The Hall–Kier alpha value is -2.61. The number of pyridine rings is 1. The summed E-state index contributed by atoms with van der Waals surface area (Å²) in [5, 5.41) is 2.83. The van der Waals surface area contributed by atoms with Gasteiger partial charge >= 0.3 is 0 Å². The molecule has 6 heteroatoms. The molecule has 0 atom stereocenters. The number of furan rings is 1. The molecular formula is C18H12IN3O2. The Balaban J connectivity index is 1.65. The summed E-state index contributed by atoms with van der Waals surface area (Å²) in [7, 11) is 0. The van der Waals surface area contributed by atoms with Gasteiger partial charge in [0.25, 0.3) is 5.91 Å². The molecule has 0 aliphatic rings. The number of halogens is 1. The highest BCUT2D eigenvalue weighted by Gasteiger charge is 2.10. The average Bonchev–Trinajstić information content (AvgIpc) is 3.24. The second-order valence-electron chi connectivity index (χ2n) is 5.25. The minimum atomic E-state index is -0.276. The quantitative estimate of drug-likeness (QED) is 0.490. The van der Waals surface area contributed by atoms with E-state index < -0.39 is 0 Å². The molecule has 24 heavy (non-hydrogen) atoms. The number of hydrogen-bond acceptors (Lipinski definition) is 3. The van der Waals surface area contributed by atoms with E-state index in [2.05, 4.69) is 32.9 Å². The van der Waals surface area contributed by atoms with Crippen LogP contribution in [0, 0.1) is 3.57 Å². The minimum Gasteiger partial charge on any atom is -0.459 e. The molecule has 0 saturated carbocycles. The summed E-state index contributed by atoms with van der Waals surface area (Å²) in [5.74, 6) is 0.00409. The molecule has 3 heterocycles. The Labute approximate surface area is 151 Å². The van der Waals surface area contributed by atoms with Crippen molar-refractivity contribution in [2.45, 2.75) is 0 Å². The first-order chi connectivity index (χ1) is 11.7. The van der Waals surface area contributed by atoms with Gasteiger partial charge in [-0.05, 0) is 59.0 Å². The SMILES string of the molecule is O=C(Nc1cccc(-c2cn3cc(I)ccc3n2)c1)c1ccco1. The second-order valence-corrected chi connectivity index (χ2v) is 6.50. The highest BCUT2D eigenvalue weighted by atomic mass is 127. The molecule has 0 aliphatic heterocycles. The van der Waals surface area contributed by atoms with Crippen LogP contribution in [0.5, 0.6) is 0 Å². The molecule has 3 aromatic heterocycles. The predicted octanol–water partition coefficient (Wildman–Crippen LogP) is 4.45. The van der Waals surface area contributed by atoms with Gasteiger partial charge in [-0.3, -0.25) is 4.79 Å². The van der Waals surface area contributed by atoms with Crippen molar-refractivity contribution in [1.29, 1.82) is 0 Å². The lowest BCUT2D eigenvalue weighted by Crippen LogP contribution is -2.10. The Kier molecular flexibility index (Phi) is 3.81. The summed E-state index contributed by atoms with van der Waals surface area (Å²) in [6.07, 6.45) is 5.48. The predicted molar refractivity (Wildman–Crippen MR) is 100 cm³/mol. The summed E-state index contributed by atoms with van der Waals surface area (Å²) in [6.45, 7) is 0. The van der Waals surface area contributed by atoms with E-state index in [0.717, 1.165) is 20.5 Å². The normalized spacial score (nSPS) is 10.9. The number of amides is 1. The number of nitrogens with zero attached hydrogens (tertiary/aromatic N) is 2. The first kappa shape index (κ1) is 14.9. The van der Waals surface area contributed by atoms with Gasteiger partial charge in [0, 0.05) is 27.2 Å². The lowest BCUT2D eigenvalue weighted by Gasteiger charge is -2.04. The number of aromatic nitrogens is 2. The molecule has 0 unspecified atom stereocenters. The third-order valence-electron chi connectivity index (χ3n) is 3.58. The number of carbonyl (C=O) groups excluding carboxylic acids is 1. The third-order valence-corrected chi connectivity index (χ3v) is 4.21. The maximum atomic E-state index is 12.1. The van der Waals surface area contributed by atoms with Crippen molar-refractivity contribution in [1.82, 2.24) is 9.38 Å². The number of anilines is 1. The van der Waals surface area contributed by atoms with Gasteiger partial charge in [0.05, 0.1) is 12.0 Å². The van der Waals surface area contributed by atoms with E-state index in [1.165, 1.54) is 6.26 Å². The van der Waals surface area contributed by atoms with E-state index in [9.17, 15) is 4.79 Å². The van der Waals surface area contributed by atoms with Crippen LogP contribution in [0.4, 0.5) is 5.69 Å². The molecule has 0 bridgehead atoms. The monoisotopic (exact) mass is 429 g/mol. The zero-order valence-corrected chi connectivity index (χ0v) is 14.6. The van der Waals surface area contributed by atoms with Crippen molar-refractivity contribution in [2.24, 2.45) is 0 Å². The number of fused-ring (bicyclic) bond motifs is 1. The zero-order chi connectivity index (χ0) is 16.5. The van der Waals surface area contributed by atoms with Crippen LogP contribution < -0.4 is 5.32 Å². The molecule has 0 fully saturated rings. The molecule has 0 saturated heterocycles. The van der Waals surface area contributed by atoms with Crippen molar-refractivity contribution in [2.75, 3.05) is 5.32 Å². The minimum absolute atomic E-state index is 0.276. The maximum Gasteiger partial charge on any atom is 0.291 e. The topological polar surface area (TPSA) is 59.5 Å². The molecule has 0 aliphatic carbocycles. The smallest absolute Gasteiger partial charge is 0.291 e. The molecule has 5 nitrogen and oxygen atoms in total. The van der Waals surface area contributed by atoms with E-state index in [1.54, 1.807) is 12.1 Å². The highest BCUT2D eigenvalue weighted by molar-refractivity contribution is 14.1. The van der Waals surface area contributed by atoms with Gasteiger partial charge in [0.1, 0.15) is 5.65 Å². The molecule has 118 valence electrons. The van der Waals surface area contributed by atoms with Crippen molar-refractivity contribution in [3.8, 4) is 11.3 Å². The van der Waals surface area contributed by atoms with Crippen LogP contribution in [0.25, 0.3) is 16.9 Å². The lowest BCUT2D eigenvalue weighted by atomic mass is 10.1. The summed E-state index contributed by atoms with van der Waals surface area (Å²) >= 11 is 2.27. The number of carbonyl (C=O) groups is 1. The van der Waals surface area contributed by atoms with Crippen molar-refractivity contribution in [3.63, 3.8) is 0 Å². The molecule has 1 N–H and O–H groups in total. The molecule has 4 aromatic rings. The van der Waals surface area contributed by atoms with Gasteiger partial charge in [-0.15, -0.1) is 0 Å². The van der Waals surface area contributed by atoms with Gasteiger partial charge < -0.3 is 14.1 Å².